The minimum atomic E-state index is -0.272. The topological polar surface area (TPSA) is 49.4 Å². The van der Waals surface area contributed by atoms with Crippen LogP contribution >= 0.6 is 24.0 Å². The van der Waals surface area contributed by atoms with Crippen molar-refractivity contribution in [2.75, 3.05) is 11.9 Å². The number of thioether (sulfide) groups is 1. The molecule has 0 aromatic heterocycles. The van der Waals surface area contributed by atoms with Crippen molar-refractivity contribution in [3.8, 4) is 0 Å². The normalized spacial score (nSPS) is 15.6. The molecule has 28 heavy (non-hydrogen) atoms. The van der Waals surface area contributed by atoms with Gasteiger partial charge in [-0.3, -0.25) is 14.5 Å². The molecule has 0 spiro atoms. The maximum atomic E-state index is 12.6. The molecule has 2 amide bonds. The van der Waals surface area contributed by atoms with E-state index in [9.17, 15) is 9.59 Å². The predicted octanol–water partition coefficient (Wildman–Crippen LogP) is 4.70. The first-order valence-corrected chi connectivity index (χ1v) is 10.0. The fourth-order valence-corrected chi connectivity index (χ4v) is 3.89. The van der Waals surface area contributed by atoms with Gasteiger partial charge in [0.05, 0.1) is 4.91 Å². The van der Waals surface area contributed by atoms with Crippen LogP contribution in [0.2, 0.25) is 0 Å². The minimum Gasteiger partial charge on any atom is -0.324 e. The molecule has 0 bridgehead atoms. The van der Waals surface area contributed by atoms with Crippen molar-refractivity contribution in [2.45, 2.75) is 13.8 Å². The zero-order chi connectivity index (χ0) is 20.1. The zero-order valence-electron chi connectivity index (χ0n) is 15.6. The molecule has 4 nitrogen and oxygen atoms in total. The van der Waals surface area contributed by atoms with E-state index < -0.39 is 0 Å². The molecular weight excluding hydrogens is 388 g/mol. The average Bonchev–Trinajstić information content (AvgIpc) is 2.94. The Morgan fingerprint density at radius 2 is 1.89 bits per heavy atom. The highest BCUT2D eigenvalue weighted by atomic mass is 32.2. The van der Waals surface area contributed by atoms with Crippen LogP contribution in [-0.2, 0) is 9.59 Å². The van der Waals surface area contributed by atoms with Gasteiger partial charge >= 0.3 is 0 Å². The summed E-state index contributed by atoms with van der Waals surface area (Å²) in [6.07, 6.45) is 5.46. The first kappa shape index (κ1) is 20.0. The standard InChI is InChI=1S/C22H20N2O2S2/c1-15-8-6-12-18(16(15)2)23-20(25)14-24-21(26)19(28-22(24)27)13-7-11-17-9-4-3-5-10-17/h3-13H,14H2,1-2H3,(H,23,25). The molecule has 142 valence electrons. The molecule has 0 aliphatic carbocycles. The molecular formula is C22H20N2O2S2. The summed E-state index contributed by atoms with van der Waals surface area (Å²) in [6.45, 7) is 3.84. The number of anilines is 1. The molecule has 0 radical (unpaired) electrons. The van der Waals surface area contributed by atoms with E-state index in [-0.39, 0.29) is 18.4 Å². The van der Waals surface area contributed by atoms with E-state index in [1.165, 1.54) is 16.7 Å². The SMILES string of the molecule is Cc1cccc(NC(=O)CN2C(=O)C(=CC=Cc3ccccc3)SC2=S)c1C. The third kappa shape index (κ3) is 4.77. The van der Waals surface area contributed by atoms with Gasteiger partial charge in [0.25, 0.3) is 5.91 Å². The lowest BCUT2D eigenvalue weighted by atomic mass is 10.1. The number of carbonyl (C=O) groups is 2. The monoisotopic (exact) mass is 408 g/mol. The van der Waals surface area contributed by atoms with Gasteiger partial charge in [-0.2, -0.15) is 0 Å². The Balaban J connectivity index is 1.65. The number of rotatable bonds is 5. The number of hydrogen-bond donors (Lipinski definition) is 1. The minimum absolute atomic E-state index is 0.0994. The lowest BCUT2D eigenvalue weighted by Gasteiger charge is -2.15. The third-order valence-electron chi connectivity index (χ3n) is 4.39. The van der Waals surface area contributed by atoms with E-state index in [0.29, 0.717) is 9.23 Å². The first-order chi connectivity index (χ1) is 13.5. The summed E-state index contributed by atoms with van der Waals surface area (Å²) in [6, 6.07) is 15.5. The second-order valence-electron chi connectivity index (χ2n) is 6.36. The second kappa shape index (κ2) is 8.99. The summed E-state index contributed by atoms with van der Waals surface area (Å²) >= 11 is 6.50. The Morgan fingerprint density at radius 3 is 2.64 bits per heavy atom. The van der Waals surface area contributed by atoms with Crippen LogP contribution in [0, 0.1) is 13.8 Å². The van der Waals surface area contributed by atoms with Gasteiger partial charge in [-0.25, -0.2) is 0 Å². The summed E-state index contributed by atoms with van der Waals surface area (Å²) in [5.74, 6) is -0.519. The van der Waals surface area contributed by atoms with E-state index in [2.05, 4.69) is 5.32 Å². The van der Waals surface area contributed by atoms with E-state index in [0.717, 1.165) is 22.4 Å². The third-order valence-corrected chi connectivity index (χ3v) is 5.79. The molecule has 0 atom stereocenters. The summed E-state index contributed by atoms with van der Waals surface area (Å²) in [5.41, 5.74) is 3.89. The zero-order valence-corrected chi connectivity index (χ0v) is 17.3. The van der Waals surface area contributed by atoms with Gasteiger partial charge in [0.2, 0.25) is 5.91 Å². The highest BCUT2D eigenvalue weighted by Gasteiger charge is 2.33. The Labute approximate surface area is 174 Å². The van der Waals surface area contributed by atoms with Gasteiger partial charge in [0, 0.05) is 5.69 Å². The molecule has 0 unspecified atom stereocenters. The molecule has 1 fully saturated rings. The molecule has 1 N–H and O–H groups in total. The molecule has 1 aliphatic rings. The molecule has 1 aliphatic heterocycles. The van der Waals surface area contributed by atoms with Crippen LogP contribution in [0.1, 0.15) is 16.7 Å². The smallest absolute Gasteiger partial charge is 0.266 e. The van der Waals surface area contributed by atoms with Gasteiger partial charge in [-0.05, 0) is 42.7 Å². The average molecular weight is 409 g/mol. The quantitative estimate of drug-likeness (QED) is 0.576. The fourth-order valence-electron chi connectivity index (χ4n) is 2.68. The first-order valence-electron chi connectivity index (χ1n) is 8.79. The summed E-state index contributed by atoms with van der Waals surface area (Å²) in [5, 5.41) is 2.86. The molecule has 2 aromatic carbocycles. The van der Waals surface area contributed by atoms with Crippen molar-refractivity contribution in [3.05, 3.63) is 82.3 Å². The van der Waals surface area contributed by atoms with Crippen molar-refractivity contribution < 1.29 is 9.59 Å². The molecule has 1 heterocycles. The Hall–Kier alpha value is -2.70. The Kier molecular flexibility index (Phi) is 6.44. The fraction of sp³-hybridized carbons (Fsp3) is 0.136. The molecule has 0 saturated carbocycles. The summed E-state index contributed by atoms with van der Waals surface area (Å²) in [7, 11) is 0. The maximum absolute atomic E-state index is 12.6. The van der Waals surface area contributed by atoms with E-state index >= 15 is 0 Å². The van der Waals surface area contributed by atoms with Gasteiger partial charge in [0.1, 0.15) is 10.9 Å². The number of aryl methyl sites for hydroxylation is 1. The number of thiocarbonyl (C=S) groups is 1. The number of hydrogen-bond acceptors (Lipinski definition) is 4. The number of carbonyl (C=O) groups excluding carboxylic acids is 2. The van der Waals surface area contributed by atoms with Crippen LogP contribution in [0.25, 0.3) is 6.08 Å². The van der Waals surface area contributed by atoms with Crippen molar-refractivity contribution in [1.29, 1.82) is 0 Å². The Morgan fingerprint density at radius 1 is 1.14 bits per heavy atom. The number of benzene rings is 2. The lowest BCUT2D eigenvalue weighted by molar-refractivity contribution is -0.126. The Bertz CT molecular complexity index is 981. The highest BCUT2D eigenvalue weighted by Crippen LogP contribution is 2.31. The summed E-state index contributed by atoms with van der Waals surface area (Å²) in [4.78, 5) is 26.9. The predicted molar refractivity (Wildman–Crippen MR) is 120 cm³/mol. The highest BCUT2D eigenvalue weighted by molar-refractivity contribution is 8.26. The largest absolute Gasteiger partial charge is 0.324 e. The van der Waals surface area contributed by atoms with Crippen LogP contribution in [0.4, 0.5) is 5.69 Å². The molecule has 6 heteroatoms. The van der Waals surface area contributed by atoms with Crippen LogP contribution < -0.4 is 5.32 Å². The second-order valence-corrected chi connectivity index (χ2v) is 8.03. The van der Waals surface area contributed by atoms with E-state index in [4.69, 9.17) is 12.2 Å². The molecule has 2 aromatic rings. The van der Waals surface area contributed by atoms with Crippen LogP contribution in [0.3, 0.4) is 0 Å². The van der Waals surface area contributed by atoms with Crippen LogP contribution in [0.15, 0.2) is 65.6 Å². The number of nitrogens with one attached hydrogen (secondary N) is 1. The van der Waals surface area contributed by atoms with Gasteiger partial charge < -0.3 is 5.32 Å². The number of nitrogens with zero attached hydrogens (tertiary/aromatic N) is 1. The van der Waals surface area contributed by atoms with Gasteiger partial charge in [-0.15, -0.1) is 0 Å². The molecule has 1 saturated heterocycles. The van der Waals surface area contributed by atoms with Crippen molar-refractivity contribution in [3.63, 3.8) is 0 Å². The van der Waals surface area contributed by atoms with Crippen molar-refractivity contribution in [1.82, 2.24) is 4.90 Å². The maximum Gasteiger partial charge on any atom is 0.266 e. The van der Waals surface area contributed by atoms with Crippen LogP contribution in [0.5, 0.6) is 0 Å². The van der Waals surface area contributed by atoms with Gasteiger partial charge in [-0.1, -0.05) is 78.6 Å². The van der Waals surface area contributed by atoms with E-state index in [1.54, 1.807) is 6.08 Å². The molecule has 3 rings (SSSR count). The number of amides is 2. The number of allylic oxidation sites excluding steroid dienone is 2. The lowest BCUT2D eigenvalue weighted by Crippen LogP contribution is -2.36. The van der Waals surface area contributed by atoms with Gasteiger partial charge in [0.15, 0.2) is 0 Å². The summed E-state index contributed by atoms with van der Waals surface area (Å²) < 4.78 is 0.389. The van der Waals surface area contributed by atoms with E-state index in [1.807, 2.05) is 74.5 Å². The van der Waals surface area contributed by atoms with Crippen molar-refractivity contribution in [2.24, 2.45) is 0 Å². The van der Waals surface area contributed by atoms with Crippen molar-refractivity contribution >= 4 is 51.9 Å². The van der Waals surface area contributed by atoms with Crippen LogP contribution in [-0.4, -0.2) is 27.6 Å².